The number of nitrogens with zero attached hydrogens (tertiary/aromatic N) is 1. The van der Waals surface area contributed by atoms with Crippen molar-refractivity contribution in [2.24, 2.45) is 0 Å². The van der Waals surface area contributed by atoms with Gasteiger partial charge in [0, 0.05) is 18.6 Å². The smallest absolute Gasteiger partial charge is 0.142 e. The summed E-state index contributed by atoms with van der Waals surface area (Å²) in [5.74, 6) is 0.968. The molecule has 0 bridgehead atoms. The molecule has 1 aliphatic rings. The van der Waals surface area contributed by atoms with Crippen molar-refractivity contribution in [1.82, 2.24) is 5.32 Å². The molecule has 3 nitrogen and oxygen atoms in total. The molecular formula is C14H22N2O. The summed E-state index contributed by atoms with van der Waals surface area (Å²) < 4.78 is 5.45. The minimum atomic E-state index is 0.217. The molecule has 1 aliphatic heterocycles. The van der Waals surface area contributed by atoms with Crippen LogP contribution in [0.5, 0.6) is 5.75 Å². The van der Waals surface area contributed by atoms with Gasteiger partial charge >= 0.3 is 0 Å². The molecule has 0 saturated carbocycles. The molecule has 1 N–H and O–H groups in total. The Morgan fingerprint density at radius 3 is 2.76 bits per heavy atom. The van der Waals surface area contributed by atoms with Gasteiger partial charge in [0.25, 0.3) is 0 Å². The average molecular weight is 234 g/mol. The van der Waals surface area contributed by atoms with Crippen molar-refractivity contribution in [3.63, 3.8) is 0 Å². The Kier molecular flexibility index (Phi) is 3.29. The van der Waals surface area contributed by atoms with Crippen molar-refractivity contribution in [1.29, 1.82) is 0 Å². The Bertz CT molecular complexity index is 405. The molecule has 0 spiro atoms. The van der Waals surface area contributed by atoms with Gasteiger partial charge in [0.2, 0.25) is 0 Å². The van der Waals surface area contributed by atoms with Gasteiger partial charge in [-0.2, -0.15) is 0 Å². The van der Waals surface area contributed by atoms with Crippen molar-refractivity contribution in [3.8, 4) is 5.75 Å². The second kappa shape index (κ2) is 4.57. The number of rotatable bonds is 3. The van der Waals surface area contributed by atoms with Gasteiger partial charge in [-0.25, -0.2) is 0 Å². The van der Waals surface area contributed by atoms with E-state index < -0.39 is 0 Å². The maximum Gasteiger partial charge on any atom is 0.142 e. The van der Waals surface area contributed by atoms with Crippen LogP contribution < -0.4 is 15.0 Å². The maximum atomic E-state index is 5.45. The number of hydrogen-bond acceptors (Lipinski definition) is 3. The van der Waals surface area contributed by atoms with E-state index in [0.717, 1.165) is 18.8 Å². The molecule has 1 aromatic carbocycles. The van der Waals surface area contributed by atoms with Gasteiger partial charge in [-0.15, -0.1) is 0 Å². The first-order chi connectivity index (χ1) is 8.08. The Hall–Kier alpha value is -1.22. The van der Waals surface area contributed by atoms with Gasteiger partial charge in [-0.1, -0.05) is 6.07 Å². The molecule has 1 heterocycles. The van der Waals surface area contributed by atoms with Gasteiger partial charge in [-0.05, 0) is 45.0 Å². The van der Waals surface area contributed by atoms with Crippen molar-refractivity contribution in [2.75, 3.05) is 32.1 Å². The average Bonchev–Trinajstić information content (AvgIpc) is 2.73. The van der Waals surface area contributed by atoms with Crippen LogP contribution in [0.1, 0.15) is 18.9 Å². The summed E-state index contributed by atoms with van der Waals surface area (Å²) in [4.78, 5) is 2.41. The molecule has 1 unspecified atom stereocenters. The zero-order valence-electron chi connectivity index (χ0n) is 11.2. The molecule has 0 radical (unpaired) electrons. The molecule has 1 saturated heterocycles. The zero-order valence-corrected chi connectivity index (χ0v) is 11.2. The molecule has 2 rings (SSSR count). The highest BCUT2D eigenvalue weighted by atomic mass is 16.5. The third-order valence-corrected chi connectivity index (χ3v) is 3.75. The van der Waals surface area contributed by atoms with E-state index >= 15 is 0 Å². The number of anilines is 1. The van der Waals surface area contributed by atoms with Crippen LogP contribution in [0.25, 0.3) is 0 Å². The summed E-state index contributed by atoms with van der Waals surface area (Å²) in [6, 6.07) is 6.36. The normalized spacial score (nSPS) is 24.1. The van der Waals surface area contributed by atoms with Gasteiger partial charge < -0.3 is 15.0 Å². The van der Waals surface area contributed by atoms with E-state index in [0.29, 0.717) is 0 Å². The molecule has 94 valence electrons. The van der Waals surface area contributed by atoms with Gasteiger partial charge in [0.1, 0.15) is 5.75 Å². The lowest BCUT2D eigenvalue weighted by Crippen LogP contribution is -2.42. The zero-order chi connectivity index (χ0) is 12.5. The predicted molar refractivity (Wildman–Crippen MR) is 72.0 cm³/mol. The lowest BCUT2D eigenvalue weighted by molar-refractivity contribution is 0.412. The van der Waals surface area contributed by atoms with E-state index in [9.17, 15) is 0 Å². The van der Waals surface area contributed by atoms with E-state index in [4.69, 9.17) is 4.74 Å². The predicted octanol–water partition coefficient (Wildman–Crippen LogP) is 2.19. The quantitative estimate of drug-likeness (QED) is 0.867. The molecule has 3 heteroatoms. The van der Waals surface area contributed by atoms with Crippen molar-refractivity contribution >= 4 is 5.69 Å². The topological polar surface area (TPSA) is 24.5 Å². The summed E-state index contributed by atoms with van der Waals surface area (Å²) in [5, 5.41) is 3.41. The summed E-state index contributed by atoms with van der Waals surface area (Å²) in [6.45, 7) is 6.51. The maximum absolute atomic E-state index is 5.45. The summed E-state index contributed by atoms with van der Waals surface area (Å²) in [7, 11) is 3.78. The van der Waals surface area contributed by atoms with Crippen LogP contribution in [-0.2, 0) is 0 Å². The highest BCUT2D eigenvalue weighted by molar-refractivity contribution is 5.61. The van der Waals surface area contributed by atoms with E-state index in [2.05, 4.69) is 42.3 Å². The van der Waals surface area contributed by atoms with Crippen LogP contribution in [0.4, 0.5) is 5.69 Å². The summed E-state index contributed by atoms with van der Waals surface area (Å²) in [6.07, 6.45) is 1.17. The minimum Gasteiger partial charge on any atom is -0.495 e. The summed E-state index contributed by atoms with van der Waals surface area (Å²) >= 11 is 0. The van der Waals surface area contributed by atoms with E-state index in [1.165, 1.54) is 17.7 Å². The molecule has 1 aromatic rings. The minimum absolute atomic E-state index is 0.217. The first-order valence-electron chi connectivity index (χ1n) is 6.16. The monoisotopic (exact) mass is 234 g/mol. The van der Waals surface area contributed by atoms with Gasteiger partial charge in [0.05, 0.1) is 12.8 Å². The van der Waals surface area contributed by atoms with Crippen LogP contribution in [0, 0.1) is 6.92 Å². The highest BCUT2D eigenvalue weighted by Crippen LogP contribution is 2.34. The van der Waals surface area contributed by atoms with E-state index in [1.54, 1.807) is 7.11 Å². The fourth-order valence-electron chi connectivity index (χ4n) is 2.42. The number of ether oxygens (including phenoxy) is 1. The van der Waals surface area contributed by atoms with Crippen molar-refractivity contribution < 1.29 is 4.74 Å². The third-order valence-electron chi connectivity index (χ3n) is 3.75. The standard InChI is InChI=1S/C14H22N2O/c1-11-5-6-13(17-4)12(9-11)16-8-7-14(2,10-16)15-3/h5-6,9,15H,7-8,10H2,1-4H3. The molecule has 0 aliphatic carbocycles. The highest BCUT2D eigenvalue weighted by Gasteiger charge is 2.33. The molecule has 0 amide bonds. The van der Waals surface area contributed by atoms with Crippen LogP contribution in [0.15, 0.2) is 18.2 Å². The fourth-order valence-corrected chi connectivity index (χ4v) is 2.42. The van der Waals surface area contributed by atoms with Gasteiger partial charge in [0.15, 0.2) is 0 Å². The van der Waals surface area contributed by atoms with Crippen LogP contribution in [0.2, 0.25) is 0 Å². The lowest BCUT2D eigenvalue weighted by atomic mass is 10.0. The second-order valence-electron chi connectivity index (χ2n) is 5.16. The largest absolute Gasteiger partial charge is 0.495 e. The first kappa shape index (κ1) is 12.2. The number of aryl methyl sites for hydroxylation is 1. The van der Waals surface area contributed by atoms with Crippen LogP contribution in [0.3, 0.4) is 0 Å². The Labute approximate surface area is 104 Å². The van der Waals surface area contributed by atoms with Crippen molar-refractivity contribution in [2.45, 2.75) is 25.8 Å². The Balaban J connectivity index is 2.26. The van der Waals surface area contributed by atoms with Crippen LogP contribution in [-0.4, -0.2) is 32.8 Å². The molecule has 1 fully saturated rings. The Morgan fingerprint density at radius 1 is 1.41 bits per heavy atom. The Morgan fingerprint density at radius 2 is 2.18 bits per heavy atom. The number of hydrogen-bond donors (Lipinski definition) is 1. The van der Waals surface area contributed by atoms with E-state index in [1.807, 2.05) is 7.05 Å². The molecule has 1 atom stereocenters. The third kappa shape index (κ3) is 2.39. The number of likely N-dealkylation sites (N-methyl/N-ethyl adjacent to an activating group) is 1. The first-order valence-corrected chi connectivity index (χ1v) is 6.16. The molecule has 17 heavy (non-hydrogen) atoms. The SMILES string of the molecule is CNC1(C)CCN(c2cc(C)ccc2OC)C1. The number of nitrogens with one attached hydrogen (secondary N) is 1. The second-order valence-corrected chi connectivity index (χ2v) is 5.16. The van der Waals surface area contributed by atoms with Crippen LogP contribution >= 0.6 is 0 Å². The molecule has 0 aromatic heterocycles. The fraction of sp³-hybridized carbons (Fsp3) is 0.571. The molecular weight excluding hydrogens is 212 g/mol. The van der Waals surface area contributed by atoms with E-state index in [-0.39, 0.29) is 5.54 Å². The van der Waals surface area contributed by atoms with Gasteiger partial charge in [-0.3, -0.25) is 0 Å². The lowest BCUT2D eigenvalue weighted by Gasteiger charge is -2.26. The number of benzene rings is 1. The number of methoxy groups -OCH3 is 1. The summed E-state index contributed by atoms with van der Waals surface area (Å²) in [5.41, 5.74) is 2.71. The van der Waals surface area contributed by atoms with Crippen molar-refractivity contribution in [3.05, 3.63) is 23.8 Å².